The largest absolute Gasteiger partial charge is 0.366 e. The lowest BCUT2D eigenvalue weighted by atomic mass is 10.3. The molecule has 1 atom stereocenters. The molecule has 1 unspecified atom stereocenters. The predicted molar refractivity (Wildman–Crippen MR) is 57.0 cm³/mol. The van der Waals surface area contributed by atoms with Crippen molar-refractivity contribution in [1.82, 2.24) is 20.4 Å². The van der Waals surface area contributed by atoms with Gasteiger partial charge in [0.2, 0.25) is 5.82 Å². The van der Waals surface area contributed by atoms with Crippen LogP contribution in [0.4, 0.5) is 0 Å². The summed E-state index contributed by atoms with van der Waals surface area (Å²) in [5, 5.41) is 7.13. The van der Waals surface area contributed by atoms with E-state index in [1.807, 2.05) is 0 Å². The van der Waals surface area contributed by atoms with Gasteiger partial charge in [0.25, 0.3) is 5.89 Å². The van der Waals surface area contributed by atoms with Gasteiger partial charge in [0.15, 0.2) is 0 Å². The zero-order valence-corrected chi connectivity index (χ0v) is 9.24. The summed E-state index contributed by atoms with van der Waals surface area (Å²) in [5.41, 5.74) is 1.74. The SMILES string of the molecule is c1ncc(-c2noc(C3CNCCO3)n2)s1. The molecule has 0 amide bonds. The fourth-order valence-electron chi connectivity index (χ4n) is 1.52. The molecule has 1 N–H and O–H groups in total. The Morgan fingerprint density at radius 2 is 2.50 bits per heavy atom. The third-order valence-electron chi connectivity index (χ3n) is 2.30. The molecule has 0 bridgehead atoms. The Balaban J connectivity index is 1.82. The summed E-state index contributed by atoms with van der Waals surface area (Å²) < 4.78 is 10.7. The van der Waals surface area contributed by atoms with Crippen LogP contribution in [-0.4, -0.2) is 34.8 Å². The summed E-state index contributed by atoms with van der Waals surface area (Å²) in [6.07, 6.45) is 1.59. The van der Waals surface area contributed by atoms with Gasteiger partial charge in [-0.2, -0.15) is 4.98 Å². The van der Waals surface area contributed by atoms with Crippen LogP contribution < -0.4 is 5.32 Å². The lowest BCUT2D eigenvalue weighted by Crippen LogP contribution is -2.33. The molecule has 0 spiro atoms. The molecule has 16 heavy (non-hydrogen) atoms. The lowest BCUT2D eigenvalue weighted by Gasteiger charge is -2.19. The van der Waals surface area contributed by atoms with Crippen molar-refractivity contribution in [3.63, 3.8) is 0 Å². The van der Waals surface area contributed by atoms with Crippen molar-refractivity contribution in [3.8, 4) is 10.7 Å². The van der Waals surface area contributed by atoms with Crippen molar-refractivity contribution in [2.24, 2.45) is 0 Å². The van der Waals surface area contributed by atoms with E-state index in [1.54, 1.807) is 11.7 Å². The van der Waals surface area contributed by atoms with Crippen LogP contribution in [0.2, 0.25) is 0 Å². The molecular weight excluding hydrogens is 228 g/mol. The zero-order chi connectivity index (χ0) is 10.8. The van der Waals surface area contributed by atoms with Crippen molar-refractivity contribution in [1.29, 1.82) is 0 Å². The number of hydrogen-bond donors (Lipinski definition) is 1. The Hall–Kier alpha value is -1.31. The normalized spacial score (nSPS) is 21.1. The number of thiazole rings is 1. The van der Waals surface area contributed by atoms with Crippen LogP contribution in [-0.2, 0) is 4.74 Å². The van der Waals surface area contributed by atoms with Gasteiger partial charge in [-0.3, -0.25) is 4.98 Å². The molecule has 1 aliphatic heterocycles. The number of nitrogens with zero attached hydrogens (tertiary/aromatic N) is 3. The average Bonchev–Trinajstić information content (AvgIpc) is 3.01. The van der Waals surface area contributed by atoms with Crippen molar-refractivity contribution in [2.45, 2.75) is 6.10 Å². The van der Waals surface area contributed by atoms with E-state index in [9.17, 15) is 0 Å². The molecule has 3 rings (SSSR count). The van der Waals surface area contributed by atoms with Crippen LogP contribution >= 0.6 is 11.3 Å². The highest BCUT2D eigenvalue weighted by atomic mass is 32.1. The van der Waals surface area contributed by atoms with Crippen LogP contribution in [0.15, 0.2) is 16.2 Å². The Morgan fingerprint density at radius 1 is 1.50 bits per heavy atom. The monoisotopic (exact) mass is 238 g/mol. The van der Waals surface area contributed by atoms with Crippen molar-refractivity contribution < 1.29 is 9.26 Å². The van der Waals surface area contributed by atoms with Crippen molar-refractivity contribution in [2.75, 3.05) is 19.7 Å². The second-order valence-electron chi connectivity index (χ2n) is 3.39. The van der Waals surface area contributed by atoms with Gasteiger partial charge in [-0.25, -0.2) is 0 Å². The maximum Gasteiger partial charge on any atom is 0.257 e. The predicted octanol–water partition coefficient (Wildman–Crippen LogP) is 0.854. The third kappa shape index (κ3) is 1.84. The first-order valence-corrected chi connectivity index (χ1v) is 5.86. The topological polar surface area (TPSA) is 73.1 Å². The minimum Gasteiger partial charge on any atom is -0.366 e. The minimum atomic E-state index is -0.136. The Morgan fingerprint density at radius 3 is 3.25 bits per heavy atom. The van der Waals surface area contributed by atoms with Crippen LogP contribution in [0.5, 0.6) is 0 Å². The van der Waals surface area contributed by atoms with E-state index in [0.717, 1.165) is 11.4 Å². The number of hydrogen-bond acceptors (Lipinski definition) is 7. The summed E-state index contributed by atoms with van der Waals surface area (Å²) in [6.45, 7) is 2.25. The van der Waals surface area contributed by atoms with Gasteiger partial charge in [-0.1, -0.05) is 5.16 Å². The van der Waals surface area contributed by atoms with Crippen molar-refractivity contribution in [3.05, 3.63) is 17.6 Å². The number of nitrogens with one attached hydrogen (secondary N) is 1. The van der Waals surface area contributed by atoms with E-state index in [0.29, 0.717) is 24.9 Å². The van der Waals surface area contributed by atoms with Gasteiger partial charge in [0.1, 0.15) is 6.10 Å². The molecule has 1 saturated heterocycles. The summed E-state index contributed by atoms with van der Waals surface area (Å²) in [5.74, 6) is 1.10. The number of morpholine rings is 1. The van der Waals surface area contributed by atoms with E-state index >= 15 is 0 Å². The van der Waals surface area contributed by atoms with Gasteiger partial charge in [0, 0.05) is 19.3 Å². The molecule has 2 aromatic rings. The first-order chi connectivity index (χ1) is 7.93. The van der Waals surface area contributed by atoms with Gasteiger partial charge < -0.3 is 14.6 Å². The molecule has 1 fully saturated rings. The molecule has 2 aromatic heterocycles. The smallest absolute Gasteiger partial charge is 0.257 e. The Bertz CT molecular complexity index is 450. The van der Waals surface area contributed by atoms with Crippen LogP contribution in [0.1, 0.15) is 12.0 Å². The highest BCUT2D eigenvalue weighted by Crippen LogP contribution is 2.23. The van der Waals surface area contributed by atoms with Gasteiger partial charge in [-0.15, -0.1) is 11.3 Å². The molecule has 0 radical (unpaired) electrons. The lowest BCUT2D eigenvalue weighted by molar-refractivity contribution is 0.00755. The van der Waals surface area contributed by atoms with Crippen LogP contribution in [0.3, 0.4) is 0 Å². The third-order valence-corrected chi connectivity index (χ3v) is 3.07. The standard InChI is InChI=1S/C9H10N4O2S/c1-2-14-6(3-10-1)9-12-8(13-15-9)7-4-11-5-16-7/h4-6,10H,1-3H2. The maximum absolute atomic E-state index is 5.52. The summed E-state index contributed by atoms with van der Waals surface area (Å²) in [6, 6.07) is 0. The summed E-state index contributed by atoms with van der Waals surface area (Å²) >= 11 is 1.48. The fraction of sp³-hybridized carbons (Fsp3) is 0.444. The number of ether oxygens (including phenoxy) is 1. The van der Waals surface area contributed by atoms with Gasteiger partial charge in [-0.05, 0) is 0 Å². The molecule has 3 heterocycles. The van der Waals surface area contributed by atoms with E-state index in [2.05, 4.69) is 20.4 Å². The molecular formula is C9H10N4O2S. The maximum atomic E-state index is 5.52. The van der Waals surface area contributed by atoms with E-state index in [4.69, 9.17) is 9.26 Å². The van der Waals surface area contributed by atoms with E-state index < -0.39 is 0 Å². The molecule has 6 nitrogen and oxygen atoms in total. The Kier molecular flexibility index (Phi) is 2.65. The van der Waals surface area contributed by atoms with Gasteiger partial charge >= 0.3 is 0 Å². The van der Waals surface area contributed by atoms with Gasteiger partial charge in [0.05, 0.1) is 17.0 Å². The number of rotatable bonds is 2. The second kappa shape index (κ2) is 4.28. The second-order valence-corrected chi connectivity index (χ2v) is 4.27. The molecule has 0 aromatic carbocycles. The minimum absolute atomic E-state index is 0.136. The summed E-state index contributed by atoms with van der Waals surface area (Å²) in [4.78, 5) is 9.18. The van der Waals surface area contributed by atoms with Crippen LogP contribution in [0.25, 0.3) is 10.7 Å². The molecule has 1 aliphatic rings. The zero-order valence-electron chi connectivity index (χ0n) is 8.42. The fourth-order valence-corrected chi connectivity index (χ4v) is 2.06. The first-order valence-electron chi connectivity index (χ1n) is 4.98. The molecule has 7 heteroatoms. The summed E-state index contributed by atoms with van der Waals surface area (Å²) in [7, 11) is 0. The average molecular weight is 238 g/mol. The van der Waals surface area contributed by atoms with Crippen molar-refractivity contribution >= 4 is 11.3 Å². The quantitative estimate of drug-likeness (QED) is 0.836. The van der Waals surface area contributed by atoms with Crippen LogP contribution in [0, 0.1) is 0 Å². The molecule has 0 saturated carbocycles. The van der Waals surface area contributed by atoms with E-state index in [1.165, 1.54) is 11.3 Å². The van der Waals surface area contributed by atoms with E-state index in [-0.39, 0.29) is 6.10 Å². The Labute approximate surface area is 95.7 Å². The molecule has 84 valence electrons. The first kappa shape index (κ1) is 9.88. The highest BCUT2D eigenvalue weighted by Gasteiger charge is 2.22. The molecule has 0 aliphatic carbocycles. The highest BCUT2D eigenvalue weighted by molar-refractivity contribution is 7.13. The number of aromatic nitrogens is 3.